The van der Waals surface area contributed by atoms with Gasteiger partial charge in [-0.2, -0.15) is 8.78 Å². The molecule has 1 aromatic carbocycles. The molecule has 2 saturated heterocycles. The van der Waals surface area contributed by atoms with Crippen molar-refractivity contribution in [2.75, 3.05) is 26.2 Å². The molecule has 2 atom stereocenters. The highest BCUT2D eigenvalue weighted by atomic mass is 19.3. The number of piperazine rings is 1. The molecule has 0 N–H and O–H groups in total. The van der Waals surface area contributed by atoms with Crippen molar-refractivity contribution >= 4 is 5.91 Å². The lowest BCUT2D eigenvalue weighted by Crippen LogP contribution is -2.52. The van der Waals surface area contributed by atoms with E-state index in [0.717, 1.165) is 25.2 Å². The maximum Gasteiger partial charge on any atom is 0.387 e. The predicted octanol–water partition coefficient (Wildman–Crippen LogP) is 2.93. The number of amides is 1. The van der Waals surface area contributed by atoms with Gasteiger partial charge in [0.25, 0.3) is 5.91 Å². The second-order valence-electron chi connectivity index (χ2n) is 8.34. The number of nitrogens with zero attached hydrogens (tertiary/aromatic N) is 4. The first-order chi connectivity index (χ1) is 15.0. The Morgan fingerprint density at radius 3 is 2.74 bits per heavy atom. The van der Waals surface area contributed by atoms with E-state index in [4.69, 9.17) is 4.74 Å². The summed E-state index contributed by atoms with van der Waals surface area (Å²) in [5, 5.41) is 0. The predicted molar refractivity (Wildman–Crippen MR) is 107 cm³/mol. The molecule has 3 fully saturated rings. The van der Waals surface area contributed by atoms with Crippen LogP contribution in [0.15, 0.2) is 36.7 Å². The fourth-order valence-corrected chi connectivity index (χ4v) is 4.40. The van der Waals surface area contributed by atoms with Crippen molar-refractivity contribution in [1.29, 1.82) is 0 Å². The molecule has 9 heteroatoms. The number of carbonyl (C=O) groups is 1. The lowest BCUT2D eigenvalue weighted by atomic mass is 10.1. The van der Waals surface area contributed by atoms with Crippen LogP contribution in [0.25, 0.3) is 0 Å². The van der Waals surface area contributed by atoms with Gasteiger partial charge in [0, 0.05) is 50.1 Å². The van der Waals surface area contributed by atoms with E-state index in [1.165, 1.54) is 25.0 Å². The highest BCUT2D eigenvalue weighted by Gasteiger charge is 2.39. The molecule has 2 aromatic rings. The Kier molecular flexibility index (Phi) is 5.43. The van der Waals surface area contributed by atoms with E-state index in [-0.39, 0.29) is 23.8 Å². The van der Waals surface area contributed by atoms with Crippen molar-refractivity contribution in [3.63, 3.8) is 0 Å². The first-order valence-electron chi connectivity index (χ1n) is 10.6. The van der Waals surface area contributed by atoms with E-state index in [2.05, 4.69) is 19.6 Å². The van der Waals surface area contributed by atoms with Crippen LogP contribution in [0, 0.1) is 0 Å². The van der Waals surface area contributed by atoms with Crippen molar-refractivity contribution in [2.24, 2.45) is 0 Å². The van der Waals surface area contributed by atoms with Crippen molar-refractivity contribution in [3.05, 3.63) is 47.9 Å². The van der Waals surface area contributed by atoms with E-state index in [1.807, 2.05) is 6.20 Å². The highest BCUT2D eigenvalue weighted by molar-refractivity contribution is 5.94. The molecule has 3 heterocycles. The molecule has 2 aliphatic heterocycles. The Hall–Kier alpha value is -2.81. The van der Waals surface area contributed by atoms with Crippen LogP contribution < -0.4 is 9.47 Å². The Bertz CT molecular complexity index is 939. The minimum atomic E-state index is -2.92. The van der Waals surface area contributed by atoms with Gasteiger partial charge in [0.15, 0.2) is 0 Å². The maximum atomic E-state index is 12.9. The van der Waals surface area contributed by atoms with Crippen LogP contribution in [0.4, 0.5) is 8.78 Å². The summed E-state index contributed by atoms with van der Waals surface area (Å²) >= 11 is 0. The van der Waals surface area contributed by atoms with E-state index in [0.29, 0.717) is 30.5 Å². The van der Waals surface area contributed by atoms with Crippen molar-refractivity contribution in [3.8, 4) is 11.6 Å². The molecule has 0 unspecified atom stereocenters. The molecule has 1 amide bonds. The van der Waals surface area contributed by atoms with Gasteiger partial charge in [-0.15, -0.1) is 0 Å². The summed E-state index contributed by atoms with van der Waals surface area (Å²) in [6, 6.07) is 6.15. The summed E-state index contributed by atoms with van der Waals surface area (Å²) in [5.41, 5.74) is 1.39. The number of rotatable bonds is 6. The van der Waals surface area contributed by atoms with E-state index >= 15 is 0 Å². The number of fused-ring (bicyclic) bond motifs is 1. The standard InChI is InChI=1S/C22H24F2N4O3/c23-22(24)31-17-3-1-2-15(8-17)21(29)28-7-6-27-13-18(9-16(27)12-28)30-20-11-25-19(10-26-20)14-4-5-14/h1-3,8,10-11,14,16,18,22H,4-7,9,12-13H2/t16-,18+/m0/s1. The summed E-state index contributed by atoms with van der Waals surface area (Å²) in [6.07, 6.45) is 6.69. The molecule has 31 heavy (non-hydrogen) atoms. The Labute approximate surface area is 179 Å². The van der Waals surface area contributed by atoms with E-state index in [1.54, 1.807) is 23.2 Å². The smallest absolute Gasteiger partial charge is 0.387 e. The number of aromatic nitrogens is 2. The molecule has 1 aromatic heterocycles. The molecule has 3 aliphatic rings. The fraction of sp³-hybridized carbons (Fsp3) is 0.500. The summed E-state index contributed by atoms with van der Waals surface area (Å²) in [6.45, 7) is -0.228. The minimum absolute atomic E-state index is 0.00361. The quantitative estimate of drug-likeness (QED) is 0.702. The average Bonchev–Trinajstić information content (AvgIpc) is 3.53. The third-order valence-corrected chi connectivity index (χ3v) is 6.10. The number of alkyl halides is 2. The molecule has 5 rings (SSSR count). The molecule has 1 saturated carbocycles. The SMILES string of the molecule is O=C(c1cccc(OC(F)F)c1)N1CCN2C[C@H](Oc3cnc(C4CC4)cn3)C[C@H]2C1. The number of hydrogen-bond donors (Lipinski definition) is 0. The Morgan fingerprint density at radius 1 is 1.13 bits per heavy atom. The van der Waals surface area contributed by atoms with Gasteiger partial charge in [0.05, 0.1) is 18.1 Å². The van der Waals surface area contributed by atoms with Crippen LogP contribution in [0.1, 0.15) is 41.2 Å². The van der Waals surface area contributed by atoms with Crippen LogP contribution in [-0.2, 0) is 0 Å². The lowest BCUT2D eigenvalue weighted by molar-refractivity contribution is -0.0499. The second-order valence-corrected chi connectivity index (χ2v) is 8.34. The summed E-state index contributed by atoms with van der Waals surface area (Å²) in [5.74, 6) is 0.916. The molecule has 7 nitrogen and oxygen atoms in total. The van der Waals surface area contributed by atoms with E-state index < -0.39 is 6.61 Å². The zero-order valence-corrected chi connectivity index (χ0v) is 17.0. The monoisotopic (exact) mass is 430 g/mol. The average molecular weight is 430 g/mol. The van der Waals surface area contributed by atoms with Crippen LogP contribution in [0.5, 0.6) is 11.6 Å². The molecule has 164 valence electrons. The summed E-state index contributed by atoms with van der Waals surface area (Å²) in [7, 11) is 0. The van der Waals surface area contributed by atoms with Crippen LogP contribution in [0.3, 0.4) is 0 Å². The molecular formula is C22H24F2N4O3. The van der Waals surface area contributed by atoms with Gasteiger partial charge in [-0.1, -0.05) is 6.07 Å². The van der Waals surface area contributed by atoms with Crippen molar-refractivity contribution < 1.29 is 23.0 Å². The van der Waals surface area contributed by atoms with Crippen LogP contribution >= 0.6 is 0 Å². The summed E-state index contributed by atoms with van der Waals surface area (Å²) < 4.78 is 35.4. The van der Waals surface area contributed by atoms with Gasteiger partial charge in [-0.05, 0) is 31.0 Å². The lowest BCUT2D eigenvalue weighted by Gasteiger charge is -2.37. The van der Waals surface area contributed by atoms with Gasteiger partial charge >= 0.3 is 6.61 Å². The van der Waals surface area contributed by atoms with Crippen LogP contribution in [0.2, 0.25) is 0 Å². The number of benzene rings is 1. The van der Waals surface area contributed by atoms with Gasteiger partial charge in [0.1, 0.15) is 11.9 Å². The maximum absolute atomic E-state index is 12.9. The number of carbonyl (C=O) groups excluding carboxylic acids is 1. The van der Waals surface area contributed by atoms with Gasteiger partial charge in [0.2, 0.25) is 5.88 Å². The number of ether oxygens (including phenoxy) is 2. The molecule has 0 radical (unpaired) electrons. The molecule has 0 spiro atoms. The number of hydrogen-bond acceptors (Lipinski definition) is 6. The minimum Gasteiger partial charge on any atom is -0.472 e. The normalized spacial score (nSPS) is 23.6. The fourth-order valence-electron chi connectivity index (χ4n) is 4.40. The third kappa shape index (κ3) is 4.61. The zero-order chi connectivity index (χ0) is 21.4. The van der Waals surface area contributed by atoms with Crippen molar-refractivity contribution in [2.45, 2.75) is 43.9 Å². The topological polar surface area (TPSA) is 67.8 Å². The third-order valence-electron chi connectivity index (χ3n) is 6.10. The summed E-state index contributed by atoms with van der Waals surface area (Å²) in [4.78, 5) is 25.9. The van der Waals surface area contributed by atoms with Gasteiger partial charge in [-0.25, -0.2) is 4.98 Å². The van der Waals surface area contributed by atoms with Gasteiger partial charge < -0.3 is 14.4 Å². The second kappa shape index (κ2) is 8.37. The van der Waals surface area contributed by atoms with E-state index in [9.17, 15) is 13.6 Å². The van der Waals surface area contributed by atoms with Crippen LogP contribution in [-0.4, -0.2) is 70.6 Å². The number of halogens is 2. The Balaban J connectivity index is 1.18. The highest BCUT2D eigenvalue weighted by Crippen LogP contribution is 2.38. The van der Waals surface area contributed by atoms with Gasteiger partial charge in [-0.3, -0.25) is 14.7 Å². The molecular weight excluding hydrogens is 406 g/mol. The molecule has 1 aliphatic carbocycles. The first-order valence-corrected chi connectivity index (χ1v) is 10.6. The molecule has 0 bridgehead atoms. The Morgan fingerprint density at radius 2 is 2.00 bits per heavy atom. The zero-order valence-electron chi connectivity index (χ0n) is 17.0. The largest absolute Gasteiger partial charge is 0.472 e. The first kappa shape index (κ1) is 20.1. The van der Waals surface area contributed by atoms with Crippen molar-refractivity contribution in [1.82, 2.24) is 19.8 Å².